The monoisotopic (exact) mass is 581 g/mol. The van der Waals surface area contributed by atoms with Gasteiger partial charge in [-0.2, -0.15) is 27.6 Å². The second kappa shape index (κ2) is 10.5. The second-order valence-electron chi connectivity index (χ2n) is 8.70. The van der Waals surface area contributed by atoms with Crippen LogP contribution in [0, 0.1) is 5.82 Å². The molecule has 15 heteroatoms. The van der Waals surface area contributed by atoms with Gasteiger partial charge in [0.15, 0.2) is 11.5 Å². The van der Waals surface area contributed by atoms with Gasteiger partial charge in [0.1, 0.15) is 10.7 Å². The Balaban J connectivity index is 1.58. The Morgan fingerprint density at radius 3 is 2.46 bits per heavy atom. The van der Waals surface area contributed by atoms with Crippen molar-refractivity contribution in [1.82, 2.24) is 29.0 Å². The fourth-order valence-corrected chi connectivity index (χ4v) is 5.76. The van der Waals surface area contributed by atoms with E-state index in [0.29, 0.717) is 18.8 Å². The van der Waals surface area contributed by atoms with Gasteiger partial charge in [-0.25, -0.2) is 22.5 Å². The first-order valence-electron chi connectivity index (χ1n) is 11.7. The smallest absolute Gasteiger partial charge is 0.324 e. The van der Waals surface area contributed by atoms with Crippen LogP contribution in [0.25, 0.3) is 16.9 Å². The summed E-state index contributed by atoms with van der Waals surface area (Å²) in [6, 6.07) is 5.96. The molecule has 0 amide bonds. The van der Waals surface area contributed by atoms with Gasteiger partial charge in [-0.15, -0.1) is 0 Å². The maximum absolute atomic E-state index is 13.6. The Bertz CT molecular complexity index is 1620. The number of halogens is 5. The third kappa shape index (κ3) is 5.72. The molecule has 0 atom stereocenters. The second-order valence-corrected chi connectivity index (χ2v) is 11.0. The van der Waals surface area contributed by atoms with Crippen LogP contribution in [0.5, 0.6) is 0 Å². The minimum atomic E-state index is -4.70. The van der Waals surface area contributed by atoms with Gasteiger partial charge in [-0.1, -0.05) is 18.0 Å². The van der Waals surface area contributed by atoms with Crippen LogP contribution < -0.4 is 5.32 Å². The van der Waals surface area contributed by atoms with Crippen LogP contribution in [0.3, 0.4) is 0 Å². The van der Waals surface area contributed by atoms with Crippen molar-refractivity contribution < 1.29 is 26.0 Å². The number of hydrogen-bond acceptors (Lipinski definition) is 7. The number of benzene rings is 1. The summed E-state index contributed by atoms with van der Waals surface area (Å²) in [5.41, 5.74) is -0.388. The minimum Gasteiger partial charge on any atom is -0.324 e. The Morgan fingerprint density at radius 1 is 1.00 bits per heavy atom. The average Bonchev–Trinajstić information content (AvgIpc) is 3.43. The zero-order chi connectivity index (χ0) is 27.8. The van der Waals surface area contributed by atoms with Crippen molar-refractivity contribution in [2.75, 3.05) is 18.4 Å². The molecule has 0 unspecified atom stereocenters. The van der Waals surface area contributed by atoms with E-state index in [0.717, 1.165) is 42.3 Å². The lowest BCUT2D eigenvalue weighted by Gasteiger charge is -2.25. The number of piperidine rings is 1. The van der Waals surface area contributed by atoms with E-state index >= 15 is 0 Å². The third-order valence-electron chi connectivity index (χ3n) is 6.02. The van der Waals surface area contributed by atoms with E-state index in [1.54, 1.807) is 0 Å². The van der Waals surface area contributed by atoms with Gasteiger partial charge in [0.05, 0.1) is 5.02 Å². The van der Waals surface area contributed by atoms with E-state index in [9.17, 15) is 26.0 Å². The van der Waals surface area contributed by atoms with E-state index < -0.39 is 27.7 Å². The molecule has 204 valence electrons. The molecule has 5 rings (SSSR count). The fourth-order valence-electron chi connectivity index (χ4n) is 4.07. The maximum Gasteiger partial charge on any atom is 0.435 e. The fraction of sp³-hybridized carbons (Fsp3) is 0.250. The third-order valence-corrected chi connectivity index (χ3v) is 8.17. The van der Waals surface area contributed by atoms with E-state index in [2.05, 4.69) is 25.4 Å². The molecule has 1 N–H and O–H groups in total. The average molecular weight is 582 g/mol. The van der Waals surface area contributed by atoms with Crippen LogP contribution in [0.4, 0.5) is 29.2 Å². The largest absolute Gasteiger partial charge is 0.435 e. The first-order valence-corrected chi connectivity index (χ1v) is 13.5. The number of aromatic nitrogens is 5. The first kappa shape index (κ1) is 27.0. The highest BCUT2D eigenvalue weighted by molar-refractivity contribution is 7.89. The summed E-state index contributed by atoms with van der Waals surface area (Å²) in [6.07, 6.45) is 2.70. The summed E-state index contributed by atoms with van der Waals surface area (Å²) in [7, 11) is -3.84. The lowest BCUT2D eigenvalue weighted by atomic mass is 10.1. The lowest BCUT2D eigenvalue weighted by molar-refractivity contribution is -0.141. The summed E-state index contributed by atoms with van der Waals surface area (Å²) >= 11 is 5.83. The molecular weight excluding hydrogens is 562 g/mol. The summed E-state index contributed by atoms with van der Waals surface area (Å²) < 4.78 is 82.2. The van der Waals surface area contributed by atoms with Crippen molar-refractivity contribution in [3.63, 3.8) is 0 Å². The molecule has 0 aliphatic carbocycles. The van der Waals surface area contributed by atoms with Gasteiger partial charge in [-0.05, 0) is 43.2 Å². The van der Waals surface area contributed by atoms with Crippen molar-refractivity contribution in [2.45, 2.75) is 30.3 Å². The van der Waals surface area contributed by atoms with Crippen molar-refractivity contribution >= 4 is 33.3 Å². The first-order chi connectivity index (χ1) is 18.5. The van der Waals surface area contributed by atoms with E-state index in [1.165, 1.54) is 41.1 Å². The predicted octanol–water partition coefficient (Wildman–Crippen LogP) is 5.45. The van der Waals surface area contributed by atoms with Crippen LogP contribution in [0.1, 0.15) is 25.0 Å². The molecular formula is C24H20ClF4N7O2S. The molecule has 1 aromatic carbocycles. The SMILES string of the molecule is O=S(=O)(c1cncc(-c2cnc(Nc3ccc(F)c(Cl)c3)nc2-n2ccc(C(F)(F)F)n2)c1)N1CCCCC1. The highest BCUT2D eigenvalue weighted by atomic mass is 35.5. The number of anilines is 2. The number of pyridine rings is 1. The van der Waals surface area contributed by atoms with Gasteiger partial charge in [-0.3, -0.25) is 4.98 Å². The van der Waals surface area contributed by atoms with E-state index in [4.69, 9.17) is 11.6 Å². The Morgan fingerprint density at radius 2 is 1.77 bits per heavy atom. The van der Waals surface area contributed by atoms with E-state index in [1.807, 2.05) is 0 Å². The quantitative estimate of drug-likeness (QED) is 0.302. The van der Waals surface area contributed by atoms with Crippen LogP contribution in [0.2, 0.25) is 5.02 Å². The van der Waals surface area contributed by atoms with Gasteiger partial charge in [0.25, 0.3) is 0 Å². The zero-order valence-electron chi connectivity index (χ0n) is 20.0. The number of rotatable bonds is 6. The van der Waals surface area contributed by atoms with Crippen LogP contribution in [-0.4, -0.2) is 50.5 Å². The summed E-state index contributed by atoms with van der Waals surface area (Å²) in [6.45, 7) is 0.782. The Hall–Kier alpha value is -3.62. The maximum atomic E-state index is 13.6. The van der Waals surface area contributed by atoms with Crippen LogP contribution >= 0.6 is 11.6 Å². The number of sulfonamides is 1. The molecule has 39 heavy (non-hydrogen) atoms. The molecule has 1 aliphatic heterocycles. The van der Waals surface area contributed by atoms with Gasteiger partial charge in [0.2, 0.25) is 16.0 Å². The van der Waals surface area contributed by atoms with Crippen molar-refractivity contribution in [2.24, 2.45) is 0 Å². The molecule has 0 radical (unpaired) electrons. The van der Waals surface area contributed by atoms with Crippen molar-refractivity contribution in [3.8, 4) is 16.9 Å². The zero-order valence-corrected chi connectivity index (χ0v) is 21.6. The lowest BCUT2D eigenvalue weighted by Crippen LogP contribution is -2.35. The normalized spacial score (nSPS) is 14.9. The standard InChI is InChI=1S/C24H20ClF4N7O2S/c25-19-11-16(4-5-20(19)26)32-23-31-14-18(22(33-23)36-9-6-21(34-36)24(27,28)29)15-10-17(13-30-12-15)39(37,38)35-7-2-1-3-8-35/h4-6,9-14H,1-3,7-8H2,(H,31,32,33). The molecule has 3 aromatic heterocycles. The molecule has 0 saturated carbocycles. The minimum absolute atomic E-state index is 0.0504. The van der Waals surface area contributed by atoms with Crippen molar-refractivity contribution in [1.29, 1.82) is 0 Å². The van der Waals surface area contributed by atoms with Gasteiger partial charge >= 0.3 is 6.18 Å². The highest BCUT2D eigenvalue weighted by Gasteiger charge is 2.34. The van der Waals surface area contributed by atoms with E-state index in [-0.39, 0.29) is 32.8 Å². The number of hydrogen-bond donors (Lipinski definition) is 1. The van der Waals surface area contributed by atoms with Crippen LogP contribution in [0.15, 0.2) is 60.0 Å². The molecule has 1 saturated heterocycles. The summed E-state index contributed by atoms with van der Waals surface area (Å²) in [4.78, 5) is 12.6. The summed E-state index contributed by atoms with van der Waals surface area (Å²) in [5, 5.41) is 6.28. The molecule has 1 aliphatic rings. The molecule has 1 fully saturated rings. The van der Waals surface area contributed by atoms with Crippen molar-refractivity contribution in [3.05, 3.63) is 71.7 Å². The number of nitrogens with zero attached hydrogens (tertiary/aromatic N) is 6. The Labute approximate surface area is 225 Å². The van der Waals surface area contributed by atoms with Gasteiger partial charge < -0.3 is 5.32 Å². The Kier molecular flexibility index (Phi) is 7.27. The molecule has 4 aromatic rings. The number of alkyl halides is 3. The molecule has 4 heterocycles. The van der Waals surface area contributed by atoms with Crippen LogP contribution in [-0.2, 0) is 16.2 Å². The molecule has 0 spiro atoms. The molecule has 9 nitrogen and oxygen atoms in total. The predicted molar refractivity (Wildman–Crippen MR) is 135 cm³/mol. The highest BCUT2D eigenvalue weighted by Crippen LogP contribution is 2.32. The molecule has 0 bridgehead atoms. The summed E-state index contributed by atoms with van der Waals surface area (Å²) in [5.74, 6) is -0.765. The van der Waals surface area contributed by atoms with Gasteiger partial charge in [0, 0.05) is 54.7 Å². The topological polar surface area (TPSA) is 106 Å². The number of nitrogens with one attached hydrogen (secondary N) is 1.